The minimum absolute atomic E-state index is 0.0795. The van der Waals surface area contributed by atoms with E-state index in [-0.39, 0.29) is 5.30 Å². The molecule has 0 N–H and O–H groups in total. The Morgan fingerprint density at radius 1 is 1.31 bits per heavy atom. The third-order valence-electron chi connectivity index (χ3n) is 1.53. The van der Waals surface area contributed by atoms with E-state index in [1.807, 2.05) is 9.24 Å². The summed E-state index contributed by atoms with van der Waals surface area (Å²) in [6.45, 7) is 0. The average Bonchev–Trinajstić information content (AvgIpc) is 2.09. The monoisotopic (exact) mass is 203 g/mol. The first-order valence-electron chi connectivity index (χ1n) is 3.36. The van der Waals surface area contributed by atoms with Crippen molar-refractivity contribution in [3.63, 3.8) is 0 Å². The molecule has 0 heterocycles. The maximum atomic E-state index is 13.1. The first-order valence-corrected chi connectivity index (χ1v) is 3.94. The molecular weight excluding hydrogens is 198 g/mol. The van der Waals surface area contributed by atoms with Crippen LogP contribution < -0.4 is 5.30 Å². The van der Waals surface area contributed by atoms with Crippen molar-refractivity contribution in [2.75, 3.05) is 0 Å². The van der Waals surface area contributed by atoms with Gasteiger partial charge in [0.05, 0.1) is 12.5 Å². The minimum atomic E-state index is -1.29. The summed E-state index contributed by atoms with van der Waals surface area (Å²) in [5.74, 6) is -3.31. The minimum Gasteiger partial charge on any atom is -0.206 e. The van der Waals surface area contributed by atoms with Gasteiger partial charge < -0.3 is 0 Å². The molecule has 0 radical (unpaired) electrons. The highest BCUT2D eigenvalue weighted by Crippen LogP contribution is 2.16. The van der Waals surface area contributed by atoms with Crippen molar-refractivity contribution in [1.29, 1.82) is 5.26 Å². The van der Waals surface area contributed by atoms with Crippen LogP contribution in [0.25, 0.3) is 0 Å². The smallest absolute Gasteiger partial charge is 0.166 e. The van der Waals surface area contributed by atoms with Crippen molar-refractivity contribution < 1.29 is 13.2 Å². The Bertz CT molecular complexity index is 358. The van der Waals surface area contributed by atoms with Gasteiger partial charge in [0, 0.05) is 10.9 Å². The number of benzene rings is 1. The Labute approximate surface area is 75.4 Å². The average molecular weight is 203 g/mol. The van der Waals surface area contributed by atoms with Crippen LogP contribution >= 0.6 is 9.24 Å². The van der Waals surface area contributed by atoms with Crippen LogP contribution in [-0.4, -0.2) is 0 Å². The summed E-state index contributed by atoms with van der Waals surface area (Å²) in [5.41, 5.74) is -0.521. The van der Waals surface area contributed by atoms with Crippen molar-refractivity contribution in [2.45, 2.75) is 6.42 Å². The molecule has 0 fully saturated rings. The summed E-state index contributed by atoms with van der Waals surface area (Å²) in [5, 5.41) is 8.16. The van der Waals surface area contributed by atoms with Crippen molar-refractivity contribution in [3.05, 3.63) is 29.1 Å². The first-order chi connectivity index (χ1) is 6.07. The highest BCUT2D eigenvalue weighted by atomic mass is 31.0. The third-order valence-corrected chi connectivity index (χ3v) is 1.95. The zero-order valence-corrected chi connectivity index (χ0v) is 7.60. The molecule has 1 unspecified atom stereocenters. The van der Waals surface area contributed by atoms with E-state index in [9.17, 15) is 13.2 Å². The first kappa shape index (κ1) is 10.0. The summed E-state index contributed by atoms with van der Waals surface area (Å²) in [6.07, 6.45) is -0.475. The fourth-order valence-corrected chi connectivity index (χ4v) is 1.23. The molecule has 5 heteroatoms. The summed E-state index contributed by atoms with van der Waals surface area (Å²) >= 11 is 0. The van der Waals surface area contributed by atoms with E-state index >= 15 is 0 Å². The highest BCUT2D eigenvalue weighted by Gasteiger charge is 2.15. The predicted molar refractivity (Wildman–Crippen MR) is 45.0 cm³/mol. The molecule has 1 nitrogen and oxygen atoms in total. The van der Waals surface area contributed by atoms with Crippen LogP contribution in [0.5, 0.6) is 0 Å². The molecule has 0 aliphatic carbocycles. The maximum absolute atomic E-state index is 13.1. The zero-order valence-electron chi connectivity index (χ0n) is 6.44. The van der Waals surface area contributed by atoms with E-state index in [0.717, 1.165) is 6.07 Å². The lowest BCUT2D eigenvalue weighted by Gasteiger charge is -2.04. The Hall–Kier alpha value is -1.07. The fourth-order valence-electron chi connectivity index (χ4n) is 0.912. The van der Waals surface area contributed by atoms with Crippen LogP contribution in [0.3, 0.4) is 0 Å². The molecule has 0 saturated carbocycles. The van der Waals surface area contributed by atoms with Gasteiger partial charge in [-0.2, -0.15) is 5.26 Å². The van der Waals surface area contributed by atoms with E-state index in [2.05, 4.69) is 0 Å². The Balaban J connectivity index is 3.39. The normalized spacial score (nSPS) is 9.77. The lowest BCUT2D eigenvalue weighted by Crippen LogP contribution is -2.09. The lowest BCUT2D eigenvalue weighted by molar-refractivity contribution is 0.486. The Kier molecular flexibility index (Phi) is 2.90. The molecular formula is C8H5F3NP. The Morgan fingerprint density at radius 2 is 1.92 bits per heavy atom. The molecule has 0 amide bonds. The lowest BCUT2D eigenvalue weighted by atomic mass is 10.1. The number of hydrogen-bond acceptors (Lipinski definition) is 1. The SMILES string of the molecule is N#CCc1c(F)c(F)cc(P)c1F. The van der Waals surface area contributed by atoms with Crippen molar-refractivity contribution in [3.8, 4) is 6.07 Å². The van der Waals surface area contributed by atoms with Crippen molar-refractivity contribution in [2.24, 2.45) is 0 Å². The number of nitriles is 1. The molecule has 1 rings (SSSR count). The van der Waals surface area contributed by atoms with Gasteiger partial charge in [-0.15, -0.1) is 9.24 Å². The summed E-state index contributed by atoms with van der Waals surface area (Å²) < 4.78 is 38.6. The van der Waals surface area contributed by atoms with E-state index in [0.29, 0.717) is 0 Å². The van der Waals surface area contributed by atoms with Crippen molar-refractivity contribution >= 4 is 14.5 Å². The number of rotatable bonds is 1. The molecule has 1 aromatic rings. The van der Waals surface area contributed by atoms with Crippen LogP contribution in [0, 0.1) is 28.8 Å². The second-order valence-electron chi connectivity index (χ2n) is 2.39. The highest BCUT2D eigenvalue weighted by molar-refractivity contribution is 7.27. The molecule has 0 aliphatic heterocycles. The van der Waals surface area contributed by atoms with Gasteiger partial charge in [-0.25, -0.2) is 13.2 Å². The van der Waals surface area contributed by atoms with E-state index in [4.69, 9.17) is 5.26 Å². The summed E-state index contributed by atoms with van der Waals surface area (Å²) in [6, 6.07) is 2.30. The van der Waals surface area contributed by atoms with Crippen LogP contribution in [0.15, 0.2) is 6.07 Å². The number of hydrogen-bond donors (Lipinski definition) is 0. The molecule has 1 aromatic carbocycles. The topological polar surface area (TPSA) is 23.8 Å². The van der Waals surface area contributed by atoms with Gasteiger partial charge in [0.2, 0.25) is 0 Å². The van der Waals surface area contributed by atoms with Gasteiger partial charge in [-0.3, -0.25) is 0 Å². The van der Waals surface area contributed by atoms with E-state index in [1.54, 1.807) is 6.07 Å². The third kappa shape index (κ3) is 1.81. The van der Waals surface area contributed by atoms with Crippen LogP contribution in [0.1, 0.15) is 5.56 Å². The molecule has 68 valence electrons. The summed E-state index contributed by atoms with van der Waals surface area (Å²) in [7, 11) is 1.94. The number of halogens is 3. The predicted octanol–water partition coefficient (Wildman–Crippen LogP) is 1.67. The molecule has 0 aliphatic rings. The second kappa shape index (κ2) is 3.76. The van der Waals surface area contributed by atoms with Crippen LogP contribution in [0.2, 0.25) is 0 Å². The standard InChI is InChI=1S/C8H5F3NP/c9-5-3-6(13)8(11)4(1-2-12)7(5)10/h3H,1,13H2. The van der Waals surface area contributed by atoms with Gasteiger partial charge in [0.15, 0.2) is 11.6 Å². The molecule has 0 saturated heterocycles. The largest absolute Gasteiger partial charge is 0.206 e. The fraction of sp³-hybridized carbons (Fsp3) is 0.125. The van der Waals surface area contributed by atoms with Crippen LogP contribution in [-0.2, 0) is 6.42 Å². The van der Waals surface area contributed by atoms with Crippen molar-refractivity contribution in [1.82, 2.24) is 0 Å². The second-order valence-corrected chi connectivity index (χ2v) is 3.01. The van der Waals surface area contributed by atoms with Gasteiger partial charge >= 0.3 is 0 Å². The Morgan fingerprint density at radius 3 is 2.46 bits per heavy atom. The van der Waals surface area contributed by atoms with Gasteiger partial charge in [0.1, 0.15) is 5.82 Å². The maximum Gasteiger partial charge on any atom is 0.166 e. The van der Waals surface area contributed by atoms with E-state index in [1.165, 1.54) is 0 Å². The van der Waals surface area contributed by atoms with E-state index < -0.39 is 29.4 Å². The summed E-state index contributed by atoms with van der Waals surface area (Å²) in [4.78, 5) is 0. The van der Waals surface area contributed by atoms with Gasteiger partial charge in [-0.05, 0) is 6.07 Å². The van der Waals surface area contributed by atoms with Gasteiger partial charge in [-0.1, -0.05) is 0 Å². The van der Waals surface area contributed by atoms with Gasteiger partial charge in [0.25, 0.3) is 0 Å². The molecule has 0 spiro atoms. The molecule has 0 bridgehead atoms. The molecule has 1 atom stereocenters. The van der Waals surface area contributed by atoms with Crippen LogP contribution in [0.4, 0.5) is 13.2 Å². The quantitative estimate of drug-likeness (QED) is 0.503. The molecule has 0 aromatic heterocycles. The molecule has 13 heavy (non-hydrogen) atoms. The number of nitrogens with zero attached hydrogens (tertiary/aromatic N) is 1. The zero-order chi connectivity index (χ0) is 10.0.